The third-order valence-corrected chi connectivity index (χ3v) is 4.14. The van der Waals surface area contributed by atoms with Crippen LogP contribution >= 0.6 is 0 Å². The van der Waals surface area contributed by atoms with E-state index in [-0.39, 0.29) is 11.6 Å². The van der Waals surface area contributed by atoms with Crippen molar-refractivity contribution in [3.05, 3.63) is 35.4 Å². The Labute approximate surface area is 113 Å². The molecule has 3 nitrogen and oxygen atoms in total. The highest BCUT2D eigenvalue weighted by molar-refractivity contribution is 5.21. The van der Waals surface area contributed by atoms with Crippen LogP contribution in [0.15, 0.2) is 18.2 Å². The molecule has 2 unspecified atom stereocenters. The number of hydrogen-bond donors (Lipinski definition) is 2. The van der Waals surface area contributed by atoms with Crippen LogP contribution in [0.3, 0.4) is 0 Å². The summed E-state index contributed by atoms with van der Waals surface area (Å²) >= 11 is 0. The van der Waals surface area contributed by atoms with Gasteiger partial charge in [0.25, 0.3) is 0 Å². The van der Waals surface area contributed by atoms with E-state index < -0.39 is 11.6 Å². The third kappa shape index (κ3) is 3.29. The first-order valence-corrected chi connectivity index (χ1v) is 6.43. The molecule has 0 aliphatic carbocycles. The SMILES string of the molecule is CCC(C)(C(Cc1cccc(F)c1F)NN)N(C)C. The molecule has 0 radical (unpaired) electrons. The molecule has 1 aromatic rings. The molecule has 0 heterocycles. The van der Waals surface area contributed by atoms with E-state index in [1.807, 2.05) is 21.0 Å². The van der Waals surface area contributed by atoms with Gasteiger partial charge in [-0.2, -0.15) is 0 Å². The minimum Gasteiger partial charge on any atom is -0.302 e. The topological polar surface area (TPSA) is 41.3 Å². The van der Waals surface area contributed by atoms with Crippen molar-refractivity contribution in [2.24, 2.45) is 5.84 Å². The second-order valence-electron chi connectivity index (χ2n) is 5.24. The molecule has 1 rings (SSSR count). The maximum Gasteiger partial charge on any atom is 0.162 e. The molecule has 0 fully saturated rings. The first-order valence-electron chi connectivity index (χ1n) is 6.43. The molecular formula is C14H23F2N3. The van der Waals surface area contributed by atoms with Crippen molar-refractivity contribution < 1.29 is 8.78 Å². The lowest BCUT2D eigenvalue weighted by molar-refractivity contribution is 0.112. The van der Waals surface area contributed by atoms with Gasteiger partial charge in [0.1, 0.15) is 0 Å². The minimum atomic E-state index is -0.823. The van der Waals surface area contributed by atoms with E-state index in [0.717, 1.165) is 12.5 Å². The zero-order valence-corrected chi connectivity index (χ0v) is 12.0. The molecule has 0 spiro atoms. The Balaban J connectivity index is 3.02. The Hall–Kier alpha value is -1.04. The van der Waals surface area contributed by atoms with E-state index in [1.54, 1.807) is 6.07 Å². The van der Waals surface area contributed by atoms with Gasteiger partial charge in [-0.3, -0.25) is 11.3 Å². The van der Waals surface area contributed by atoms with Crippen LogP contribution < -0.4 is 11.3 Å². The molecule has 0 aromatic heterocycles. The van der Waals surface area contributed by atoms with Gasteiger partial charge < -0.3 is 4.90 Å². The maximum absolute atomic E-state index is 13.7. The maximum atomic E-state index is 13.7. The van der Waals surface area contributed by atoms with E-state index >= 15 is 0 Å². The zero-order chi connectivity index (χ0) is 14.6. The quantitative estimate of drug-likeness (QED) is 0.615. The van der Waals surface area contributed by atoms with E-state index in [1.165, 1.54) is 6.07 Å². The third-order valence-electron chi connectivity index (χ3n) is 4.14. The van der Waals surface area contributed by atoms with Gasteiger partial charge in [0.05, 0.1) is 0 Å². The number of benzene rings is 1. The van der Waals surface area contributed by atoms with Gasteiger partial charge in [0.2, 0.25) is 0 Å². The first kappa shape index (κ1) is 16.0. The van der Waals surface area contributed by atoms with Crippen LogP contribution in [-0.2, 0) is 6.42 Å². The average Bonchev–Trinajstić information content (AvgIpc) is 2.39. The number of nitrogens with two attached hydrogens (primary N) is 1. The van der Waals surface area contributed by atoms with Crippen LogP contribution in [0.25, 0.3) is 0 Å². The van der Waals surface area contributed by atoms with E-state index in [9.17, 15) is 8.78 Å². The van der Waals surface area contributed by atoms with Crippen molar-refractivity contribution in [3.8, 4) is 0 Å². The van der Waals surface area contributed by atoms with Crippen molar-refractivity contribution in [1.29, 1.82) is 0 Å². The number of halogens is 2. The fraction of sp³-hybridized carbons (Fsp3) is 0.571. The van der Waals surface area contributed by atoms with Crippen molar-refractivity contribution in [3.63, 3.8) is 0 Å². The van der Waals surface area contributed by atoms with Crippen LogP contribution in [-0.4, -0.2) is 30.6 Å². The minimum absolute atomic E-state index is 0.177. The summed E-state index contributed by atoms with van der Waals surface area (Å²) in [6.45, 7) is 4.10. The van der Waals surface area contributed by atoms with Crippen molar-refractivity contribution in [2.45, 2.75) is 38.3 Å². The number of hydrogen-bond acceptors (Lipinski definition) is 3. The largest absolute Gasteiger partial charge is 0.302 e. The Morgan fingerprint density at radius 2 is 2.00 bits per heavy atom. The number of likely N-dealkylation sites (N-methyl/N-ethyl adjacent to an activating group) is 1. The van der Waals surface area contributed by atoms with Crippen LogP contribution in [0.1, 0.15) is 25.8 Å². The average molecular weight is 271 g/mol. The van der Waals surface area contributed by atoms with Crippen LogP contribution in [0.5, 0.6) is 0 Å². The van der Waals surface area contributed by atoms with Crippen LogP contribution in [0.2, 0.25) is 0 Å². The highest BCUT2D eigenvalue weighted by atomic mass is 19.2. The molecule has 0 saturated carbocycles. The first-order chi connectivity index (χ1) is 8.86. The highest BCUT2D eigenvalue weighted by Crippen LogP contribution is 2.24. The van der Waals surface area contributed by atoms with Crippen molar-refractivity contribution in [1.82, 2.24) is 10.3 Å². The molecule has 108 valence electrons. The smallest absolute Gasteiger partial charge is 0.162 e. The summed E-state index contributed by atoms with van der Waals surface area (Å²) in [5.74, 6) is 4.00. The van der Waals surface area contributed by atoms with Crippen molar-refractivity contribution >= 4 is 0 Å². The van der Waals surface area contributed by atoms with Crippen molar-refractivity contribution in [2.75, 3.05) is 14.1 Å². The van der Waals surface area contributed by atoms with Gasteiger partial charge in [-0.1, -0.05) is 19.1 Å². The highest BCUT2D eigenvalue weighted by Gasteiger charge is 2.34. The van der Waals surface area contributed by atoms with Gasteiger partial charge in [-0.25, -0.2) is 8.78 Å². The lowest BCUT2D eigenvalue weighted by Gasteiger charge is -2.42. The standard InChI is InChI=1S/C14H23F2N3/c1-5-14(2,19(3)4)12(18-17)9-10-7-6-8-11(15)13(10)16/h6-8,12,18H,5,9,17H2,1-4H3. The summed E-state index contributed by atoms with van der Waals surface area (Å²) < 4.78 is 27.0. The summed E-state index contributed by atoms with van der Waals surface area (Å²) in [7, 11) is 3.91. The molecule has 0 aliphatic rings. The second kappa shape index (κ2) is 6.41. The van der Waals surface area contributed by atoms with Crippen LogP contribution in [0.4, 0.5) is 8.78 Å². The Morgan fingerprint density at radius 3 is 2.47 bits per heavy atom. The van der Waals surface area contributed by atoms with Gasteiger partial charge in [-0.05, 0) is 45.5 Å². The molecule has 2 atom stereocenters. The molecule has 5 heteroatoms. The monoisotopic (exact) mass is 271 g/mol. The molecule has 0 amide bonds. The van der Waals surface area contributed by atoms with Gasteiger partial charge >= 0.3 is 0 Å². The number of nitrogens with one attached hydrogen (secondary N) is 1. The normalized spacial score (nSPS) is 16.4. The molecule has 19 heavy (non-hydrogen) atoms. The predicted molar refractivity (Wildman–Crippen MR) is 73.6 cm³/mol. The Morgan fingerprint density at radius 1 is 1.37 bits per heavy atom. The number of hydrazine groups is 1. The lowest BCUT2D eigenvalue weighted by Crippen LogP contribution is -2.59. The molecule has 1 aromatic carbocycles. The lowest BCUT2D eigenvalue weighted by atomic mass is 9.84. The number of rotatable bonds is 6. The van der Waals surface area contributed by atoms with Gasteiger partial charge in [-0.15, -0.1) is 0 Å². The number of nitrogens with zero attached hydrogens (tertiary/aromatic N) is 1. The molecule has 0 aliphatic heterocycles. The molecular weight excluding hydrogens is 248 g/mol. The molecule has 0 bridgehead atoms. The summed E-state index contributed by atoms with van der Waals surface area (Å²) in [6.07, 6.45) is 1.18. The van der Waals surface area contributed by atoms with Gasteiger partial charge in [0.15, 0.2) is 11.6 Å². The molecule has 0 saturated heterocycles. The summed E-state index contributed by atoms with van der Waals surface area (Å²) in [6, 6.07) is 4.05. The fourth-order valence-corrected chi connectivity index (χ4v) is 2.26. The van der Waals surface area contributed by atoms with E-state index in [0.29, 0.717) is 12.0 Å². The van der Waals surface area contributed by atoms with Gasteiger partial charge in [0, 0.05) is 11.6 Å². The summed E-state index contributed by atoms with van der Waals surface area (Å²) in [4.78, 5) is 2.05. The Bertz CT molecular complexity index is 423. The second-order valence-corrected chi connectivity index (χ2v) is 5.24. The molecule has 3 N–H and O–H groups in total. The fourth-order valence-electron chi connectivity index (χ4n) is 2.26. The van der Waals surface area contributed by atoms with Crippen LogP contribution in [0, 0.1) is 11.6 Å². The van der Waals surface area contributed by atoms with E-state index in [2.05, 4.69) is 17.2 Å². The zero-order valence-electron chi connectivity index (χ0n) is 12.0. The van der Waals surface area contributed by atoms with E-state index in [4.69, 9.17) is 5.84 Å². The Kier molecular flexibility index (Phi) is 5.40. The summed E-state index contributed by atoms with van der Waals surface area (Å²) in [5.41, 5.74) is 2.83. The predicted octanol–water partition coefficient (Wildman–Crippen LogP) is 2.07. The summed E-state index contributed by atoms with van der Waals surface area (Å²) in [5, 5.41) is 0.